The van der Waals surface area contributed by atoms with Crippen LogP contribution < -0.4 is 16.8 Å². The van der Waals surface area contributed by atoms with Crippen molar-refractivity contribution in [2.24, 2.45) is 5.84 Å². The predicted octanol–water partition coefficient (Wildman–Crippen LogP) is 4.00. The Hall–Kier alpha value is -2.92. The maximum absolute atomic E-state index is 13.9. The van der Waals surface area contributed by atoms with Gasteiger partial charge in [-0.3, -0.25) is 14.8 Å². The summed E-state index contributed by atoms with van der Waals surface area (Å²) in [6, 6.07) is 18.4. The van der Waals surface area contributed by atoms with Crippen LogP contribution in [0.1, 0.15) is 48.8 Å². The summed E-state index contributed by atoms with van der Waals surface area (Å²) in [6.45, 7) is 0.456. The molecule has 0 radical (unpaired) electrons. The minimum absolute atomic E-state index is 0.0446. The Morgan fingerprint density at radius 3 is 2.48 bits per heavy atom. The molecule has 0 unspecified atom stereocenters. The molecule has 0 bridgehead atoms. The number of nitrogen functional groups attached to an aromatic ring is 1. The van der Waals surface area contributed by atoms with Gasteiger partial charge in [0.1, 0.15) is 0 Å². The molecule has 5 rings (SSSR count). The van der Waals surface area contributed by atoms with Crippen LogP contribution in [-0.4, -0.2) is 9.55 Å². The average molecular weight is 386 g/mol. The number of hydrogen-bond donors (Lipinski definition) is 2. The summed E-state index contributed by atoms with van der Waals surface area (Å²) in [5, 5.41) is 0. The third kappa shape index (κ3) is 2.97. The van der Waals surface area contributed by atoms with Crippen LogP contribution in [0.3, 0.4) is 0 Å². The highest BCUT2D eigenvalue weighted by Crippen LogP contribution is 2.48. The van der Waals surface area contributed by atoms with E-state index in [0.29, 0.717) is 12.5 Å². The maximum Gasteiger partial charge on any atom is 0.259 e. The third-order valence-electron chi connectivity index (χ3n) is 6.62. The molecule has 1 spiro atoms. The lowest BCUT2D eigenvalue weighted by Gasteiger charge is -2.42. The summed E-state index contributed by atoms with van der Waals surface area (Å²) in [5.74, 6) is 6.24. The standard InChI is InChI=1S/C24H26N4O/c25-27-23-26-21-19-12-6-5-11-18(19)15-24(13-7-2-8-14-24)20(21)22(29)28(23)16-17-9-3-1-4-10-17/h1,3-6,9-12H,2,7-8,13-16,25H2,(H,26,27). The van der Waals surface area contributed by atoms with Crippen LogP contribution in [0, 0.1) is 0 Å². The number of nitrogens with two attached hydrogens (primary N) is 1. The Morgan fingerprint density at radius 1 is 1.00 bits per heavy atom. The molecule has 1 saturated carbocycles. The first kappa shape index (κ1) is 18.1. The fraction of sp³-hybridized carbons (Fsp3) is 0.333. The van der Waals surface area contributed by atoms with Gasteiger partial charge in [0, 0.05) is 11.0 Å². The molecule has 1 fully saturated rings. The third-order valence-corrected chi connectivity index (χ3v) is 6.62. The first-order valence-electron chi connectivity index (χ1n) is 10.5. The molecule has 3 aromatic rings. The number of nitrogens with zero attached hydrogens (tertiary/aromatic N) is 2. The molecule has 3 N–H and O–H groups in total. The SMILES string of the molecule is NNc1nc2c(c(=O)n1Cc1ccccc1)C1(CCCCC1)Cc1ccccc1-2. The zero-order valence-electron chi connectivity index (χ0n) is 16.5. The fourth-order valence-corrected chi connectivity index (χ4v) is 5.26. The van der Waals surface area contributed by atoms with Crippen molar-refractivity contribution in [1.29, 1.82) is 0 Å². The molecule has 2 aliphatic carbocycles. The smallest absolute Gasteiger partial charge is 0.259 e. The number of anilines is 1. The van der Waals surface area contributed by atoms with E-state index in [4.69, 9.17) is 10.8 Å². The van der Waals surface area contributed by atoms with Crippen molar-refractivity contribution in [2.75, 3.05) is 5.43 Å². The lowest BCUT2D eigenvalue weighted by molar-refractivity contribution is 0.283. The zero-order valence-corrected chi connectivity index (χ0v) is 16.5. The Morgan fingerprint density at radius 2 is 1.72 bits per heavy atom. The quantitative estimate of drug-likeness (QED) is 0.527. The Balaban J connectivity index is 1.76. The second-order valence-electron chi connectivity index (χ2n) is 8.36. The second-order valence-corrected chi connectivity index (χ2v) is 8.36. The number of hydrogen-bond acceptors (Lipinski definition) is 4. The monoisotopic (exact) mass is 386 g/mol. The van der Waals surface area contributed by atoms with Gasteiger partial charge in [-0.25, -0.2) is 10.8 Å². The summed E-state index contributed by atoms with van der Waals surface area (Å²) in [4.78, 5) is 18.8. The molecule has 0 aliphatic heterocycles. The van der Waals surface area contributed by atoms with Crippen molar-refractivity contribution in [1.82, 2.24) is 9.55 Å². The second kappa shape index (κ2) is 7.16. The lowest BCUT2D eigenvalue weighted by atomic mass is 9.62. The number of benzene rings is 2. The first-order chi connectivity index (χ1) is 14.2. The number of fused-ring (bicyclic) bond motifs is 4. The van der Waals surface area contributed by atoms with Crippen LogP contribution in [-0.2, 0) is 18.4 Å². The van der Waals surface area contributed by atoms with Gasteiger partial charge < -0.3 is 0 Å². The summed E-state index contributed by atoms with van der Waals surface area (Å²) < 4.78 is 1.71. The van der Waals surface area contributed by atoms with Gasteiger partial charge in [0.15, 0.2) is 0 Å². The predicted molar refractivity (Wildman–Crippen MR) is 116 cm³/mol. The molecule has 148 valence electrons. The average Bonchev–Trinajstić information content (AvgIpc) is 2.76. The van der Waals surface area contributed by atoms with E-state index in [0.717, 1.165) is 54.5 Å². The molecule has 2 aliphatic rings. The van der Waals surface area contributed by atoms with Crippen molar-refractivity contribution in [3.8, 4) is 11.3 Å². The minimum atomic E-state index is -0.114. The van der Waals surface area contributed by atoms with Gasteiger partial charge in [-0.05, 0) is 30.4 Å². The largest absolute Gasteiger partial charge is 0.294 e. The van der Waals surface area contributed by atoms with Gasteiger partial charge in [-0.1, -0.05) is 73.9 Å². The molecule has 0 amide bonds. The highest BCUT2D eigenvalue weighted by atomic mass is 16.1. The fourth-order valence-electron chi connectivity index (χ4n) is 5.26. The topological polar surface area (TPSA) is 72.9 Å². The Labute approximate surface area is 170 Å². The van der Waals surface area contributed by atoms with Crippen LogP contribution in [0.5, 0.6) is 0 Å². The van der Waals surface area contributed by atoms with E-state index in [1.54, 1.807) is 4.57 Å². The van der Waals surface area contributed by atoms with Crippen molar-refractivity contribution >= 4 is 5.95 Å². The highest BCUT2D eigenvalue weighted by Gasteiger charge is 2.43. The minimum Gasteiger partial charge on any atom is -0.294 e. The van der Waals surface area contributed by atoms with Crippen molar-refractivity contribution < 1.29 is 0 Å². The van der Waals surface area contributed by atoms with E-state index in [1.807, 2.05) is 36.4 Å². The summed E-state index contributed by atoms with van der Waals surface area (Å²) in [6.07, 6.45) is 6.59. The van der Waals surface area contributed by atoms with E-state index in [-0.39, 0.29) is 11.0 Å². The number of hydrazine groups is 1. The van der Waals surface area contributed by atoms with E-state index in [2.05, 4.69) is 23.6 Å². The van der Waals surface area contributed by atoms with Crippen molar-refractivity contribution in [3.63, 3.8) is 0 Å². The van der Waals surface area contributed by atoms with Crippen LogP contribution in [0.2, 0.25) is 0 Å². The van der Waals surface area contributed by atoms with E-state index < -0.39 is 0 Å². The molecule has 5 nitrogen and oxygen atoms in total. The van der Waals surface area contributed by atoms with E-state index in [9.17, 15) is 4.79 Å². The van der Waals surface area contributed by atoms with E-state index >= 15 is 0 Å². The molecule has 0 atom stereocenters. The van der Waals surface area contributed by atoms with Crippen LogP contribution in [0.4, 0.5) is 5.95 Å². The maximum atomic E-state index is 13.9. The van der Waals surface area contributed by atoms with Gasteiger partial charge in [0.05, 0.1) is 17.8 Å². The summed E-state index contributed by atoms with van der Waals surface area (Å²) >= 11 is 0. The molecule has 5 heteroatoms. The highest BCUT2D eigenvalue weighted by molar-refractivity contribution is 5.72. The van der Waals surface area contributed by atoms with Gasteiger partial charge in [-0.2, -0.15) is 0 Å². The van der Waals surface area contributed by atoms with Gasteiger partial charge >= 0.3 is 0 Å². The van der Waals surface area contributed by atoms with Gasteiger partial charge in [0.25, 0.3) is 5.56 Å². The number of nitrogens with one attached hydrogen (secondary N) is 1. The van der Waals surface area contributed by atoms with Gasteiger partial charge in [-0.15, -0.1) is 0 Å². The normalized spacial score (nSPS) is 16.9. The lowest BCUT2D eigenvalue weighted by Crippen LogP contribution is -2.43. The van der Waals surface area contributed by atoms with Crippen molar-refractivity contribution in [3.05, 3.63) is 81.6 Å². The number of aromatic nitrogens is 2. The Bertz CT molecular complexity index is 1100. The van der Waals surface area contributed by atoms with Crippen LogP contribution in [0.15, 0.2) is 59.4 Å². The molecular formula is C24H26N4O. The summed E-state index contributed by atoms with van der Waals surface area (Å²) in [5.41, 5.74) is 7.74. The molecule has 2 aromatic carbocycles. The zero-order chi connectivity index (χ0) is 19.8. The van der Waals surface area contributed by atoms with Crippen LogP contribution in [0.25, 0.3) is 11.3 Å². The summed E-state index contributed by atoms with van der Waals surface area (Å²) in [7, 11) is 0. The molecular weight excluding hydrogens is 360 g/mol. The van der Waals surface area contributed by atoms with Crippen molar-refractivity contribution in [2.45, 2.75) is 50.5 Å². The molecule has 1 heterocycles. The number of rotatable bonds is 3. The van der Waals surface area contributed by atoms with Crippen LogP contribution >= 0.6 is 0 Å². The van der Waals surface area contributed by atoms with E-state index in [1.165, 1.54) is 12.0 Å². The Kier molecular flexibility index (Phi) is 4.47. The first-order valence-corrected chi connectivity index (χ1v) is 10.5. The molecule has 1 aromatic heterocycles. The molecule has 29 heavy (non-hydrogen) atoms. The van der Waals surface area contributed by atoms with Gasteiger partial charge in [0.2, 0.25) is 5.95 Å². The molecule has 0 saturated heterocycles.